The van der Waals surface area contributed by atoms with Gasteiger partial charge in [0.25, 0.3) is 0 Å². The van der Waals surface area contributed by atoms with Crippen LogP contribution in [0.4, 0.5) is 0 Å². The van der Waals surface area contributed by atoms with Gasteiger partial charge >= 0.3 is 7.12 Å². The first-order valence-electron chi connectivity index (χ1n) is 15.7. The Kier molecular flexibility index (Phi) is 8.25. The van der Waals surface area contributed by atoms with Gasteiger partial charge in [0.15, 0.2) is 6.29 Å². The van der Waals surface area contributed by atoms with Crippen molar-refractivity contribution in [3.63, 3.8) is 0 Å². The molecule has 43 heavy (non-hydrogen) atoms. The zero-order chi connectivity index (χ0) is 30.2. The van der Waals surface area contributed by atoms with Crippen LogP contribution >= 0.6 is 0 Å². The highest BCUT2D eigenvalue weighted by atomic mass is 16.7. The van der Waals surface area contributed by atoms with Crippen LogP contribution in [0.3, 0.4) is 0 Å². The third-order valence-electron chi connectivity index (χ3n) is 9.16. The van der Waals surface area contributed by atoms with Crippen molar-refractivity contribution in [2.75, 3.05) is 6.61 Å². The Morgan fingerprint density at radius 3 is 1.77 bits per heavy atom. The fourth-order valence-electron chi connectivity index (χ4n) is 5.81. The van der Waals surface area contributed by atoms with Gasteiger partial charge in [-0.25, -0.2) is 0 Å². The van der Waals surface area contributed by atoms with Crippen LogP contribution < -0.4 is 10.2 Å². The maximum Gasteiger partial charge on any atom is 0.498 e. The van der Waals surface area contributed by atoms with Crippen molar-refractivity contribution >= 4 is 12.6 Å². The SMILES string of the molecule is CC(C)c1cc(B2OC(C)(C)C(C)(C)O2)c(OC2CCCCO2)c(-c2cc(-c3ccccc3)cc(-c3ccccc3)c2)c1. The highest BCUT2D eigenvalue weighted by Gasteiger charge is 2.53. The summed E-state index contributed by atoms with van der Waals surface area (Å²) in [5, 5.41) is 0. The molecule has 5 heteroatoms. The number of benzene rings is 4. The summed E-state index contributed by atoms with van der Waals surface area (Å²) in [6.45, 7) is 13.6. The van der Waals surface area contributed by atoms with E-state index in [0.29, 0.717) is 12.5 Å². The van der Waals surface area contributed by atoms with Crippen molar-refractivity contribution in [1.82, 2.24) is 0 Å². The zero-order valence-electron chi connectivity index (χ0n) is 26.4. The topological polar surface area (TPSA) is 36.9 Å². The first kappa shape index (κ1) is 29.7. The molecule has 4 aromatic rings. The molecule has 1 atom stereocenters. The van der Waals surface area contributed by atoms with E-state index in [9.17, 15) is 0 Å². The largest absolute Gasteiger partial charge is 0.498 e. The van der Waals surface area contributed by atoms with Crippen molar-refractivity contribution < 1.29 is 18.8 Å². The van der Waals surface area contributed by atoms with Gasteiger partial charge in [0, 0.05) is 17.4 Å². The van der Waals surface area contributed by atoms with Crippen molar-refractivity contribution in [2.24, 2.45) is 0 Å². The Morgan fingerprint density at radius 2 is 1.26 bits per heavy atom. The summed E-state index contributed by atoms with van der Waals surface area (Å²) < 4.78 is 26.3. The summed E-state index contributed by atoms with van der Waals surface area (Å²) in [6.07, 6.45) is 2.68. The van der Waals surface area contributed by atoms with Gasteiger partial charge in [0.2, 0.25) is 0 Å². The Morgan fingerprint density at radius 1 is 0.698 bits per heavy atom. The van der Waals surface area contributed by atoms with Gasteiger partial charge in [-0.3, -0.25) is 0 Å². The highest BCUT2D eigenvalue weighted by molar-refractivity contribution is 6.63. The van der Waals surface area contributed by atoms with Crippen LogP contribution in [0.1, 0.15) is 72.3 Å². The average molecular weight is 575 g/mol. The van der Waals surface area contributed by atoms with E-state index in [1.165, 1.54) is 16.7 Å². The summed E-state index contributed by atoms with van der Waals surface area (Å²) in [6, 6.07) is 32.5. The molecule has 1 unspecified atom stereocenters. The predicted molar refractivity (Wildman–Crippen MR) is 177 cm³/mol. The summed E-state index contributed by atoms with van der Waals surface area (Å²) in [5.74, 6) is 1.07. The van der Waals surface area contributed by atoms with Crippen LogP contribution in [0, 0.1) is 0 Å². The molecule has 6 rings (SSSR count). The molecule has 4 aromatic carbocycles. The van der Waals surface area contributed by atoms with Crippen LogP contribution in [0.15, 0.2) is 91.0 Å². The molecule has 0 aromatic heterocycles. The predicted octanol–water partition coefficient (Wildman–Crippen LogP) is 9.02. The Hall–Kier alpha value is -3.38. The molecule has 0 saturated carbocycles. The van der Waals surface area contributed by atoms with Crippen molar-refractivity contribution in [1.29, 1.82) is 0 Å². The number of ether oxygens (including phenoxy) is 2. The van der Waals surface area contributed by atoms with E-state index in [1.807, 2.05) is 0 Å². The summed E-state index contributed by atoms with van der Waals surface area (Å²) in [5.41, 5.74) is 7.95. The Labute approximate surface area is 257 Å². The molecule has 4 nitrogen and oxygen atoms in total. The molecule has 2 fully saturated rings. The average Bonchev–Trinajstić information content (AvgIpc) is 3.24. The minimum absolute atomic E-state index is 0.297. The van der Waals surface area contributed by atoms with Crippen LogP contribution in [-0.2, 0) is 14.0 Å². The minimum Gasteiger partial charge on any atom is -0.465 e. The van der Waals surface area contributed by atoms with Crippen LogP contribution in [0.2, 0.25) is 0 Å². The molecule has 2 aliphatic heterocycles. The van der Waals surface area contributed by atoms with E-state index in [4.69, 9.17) is 18.8 Å². The van der Waals surface area contributed by atoms with Gasteiger partial charge in [-0.05, 0) is 104 Å². The smallest absolute Gasteiger partial charge is 0.465 e. The number of rotatable bonds is 7. The summed E-state index contributed by atoms with van der Waals surface area (Å²) >= 11 is 0. The van der Waals surface area contributed by atoms with Crippen molar-refractivity contribution in [3.05, 3.63) is 96.6 Å². The second-order valence-electron chi connectivity index (χ2n) is 13.2. The lowest BCUT2D eigenvalue weighted by molar-refractivity contribution is -0.105. The summed E-state index contributed by atoms with van der Waals surface area (Å²) in [7, 11) is -0.563. The highest BCUT2D eigenvalue weighted by Crippen LogP contribution is 2.42. The first-order chi connectivity index (χ1) is 20.6. The Bertz CT molecular complexity index is 1480. The first-order valence-corrected chi connectivity index (χ1v) is 15.7. The third-order valence-corrected chi connectivity index (χ3v) is 9.16. The van der Waals surface area contributed by atoms with E-state index in [1.54, 1.807) is 0 Å². The molecule has 2 saturated heterocycles. The van der Waals surface area contributed by atoms with E-state index >= 15 is 0 Å². The fourth-order valence-corrected chi connectivity index (χ4v) is 5.81. The van der Waals surface area contributed by atoms with E-state index < -0.39 is 18.3 Å². The molecule has 2 aliphatic rings. The molecule has 0 spiro atoms. The van der Waals surface area contributed by atoms with Crippen LogP contribution in [0.5, 0.6) is 5.75 Å². The molecule has 0 amide bonds. The van der Waals surface area contributed by atoms with Gasteiger partial charge in [-0.2, -0.15) is 0 Å². The van der Waals surface area contributed by atoms with E-state index in [0.717, 1.165) is 52.7 Å². The molecular weight excluding hydrogens is 531 g/mol. The zero-order valence-corrected chi connectivity index (χ0v) is 26.4. The van der Waals surface area contributed by atoms with Gasteiger partial charge in [-0.1, -0.05) is 80.6 Å². The maximum absolute atomic E-state index is 6.86. The molecule has 0 bridgehead atoms. The second-order valence-corrected chi connectivity index (χ2v) is 13.2. The van der Waals surface area contributed by atoms with Gasteiger partial charge < -0.3 is 18.8 Å². The quantitative estimate of drug-likeness (QED) is 0.207. The number of hydrogen-bond donors (Lipinski definition) is 0. The third kappa shape index (κ3) is 6.17. The Balaban J connectivity index is 1.59. The van der Waals surface area contributed by atoms with Gasteiger partial charge in [-0.15, -0.1) is 0 Å². The second kappa shape index (κ2) is 12.0. The van der Waals surface area contributed by atoms with E-state index in [2.05, 4.69) is 133 Å². The van der Waals surface area contributed by atoms with Crippen LogP contribution in [0.25, 0.3) is 33.4 Å². The molecule has 2 heterocycles. The maximum atomic E-state index is 6.86. The van der Waals surface area contributed by atoms with Gasteiger partial charge in [0.05, 0.1) is 17.8 Å². The van der Waals surface area contributed by atoms with Crippen LogP contribution in [-0.4, -0.2) is 31.2 Å². The fraction of sp³-hybridized carbons (Fsp3) is 0.368. The molecule has 0 N–H and O–H groups in total. The normalized spacial score (nSPS) is 19.5. The monoisotopic (exact) mass is 574 g/mol. The standard InChI is InChI=1S/C38H43BO4/c1-26(2)29-24-33(32-22-30(27-15-9-7-10-16-27)21-31(23-32)28-17-11-8-12-18-28)36(41-35-19-13-14-20-40-35)34(25-29)39-42-37(3,4)38(5,6)43-39/h7-12,15-18,21-26,35H,13-14,19-20H2,1-6H3. The van der Waals surface area contributed by atoms with Crippen molar-refractivity contribution in [2.45, 2.75) is 84.2 Å². The molecule has 0 radical (unpaired) electrons. The van der Waals surface area contributed by atoms with Gasteiger partial charge in [0.1, 0.15) is 5.75 Å². The minimum atomic E-state index is -0.563. The lowest BCUT2D eigenvalue weighted by atomic mass is 9.74. The molecule has 0 aliphatic carbocycles. The lowest BCUT2D eigenvalue weighted by Crippen LogP contribution is -2.41. The van der Waals surface area contributed by atoms with E-state index in [-0.39, 0.29) is 6.29 Å². The lowest BCUT2D eigenvalue weighted by Gasteiger charge is -2.32. The van der Waals surface area contributed by atoms with Crippen molar-refractivity contribution in [3.8, 4) is 39.1 Å². The molecule has 222 valence electrons. The number of hydrogen-bond acceptors (Lipinski definition) is 4. The molecular formula is C38H43BO4. The summed E-state index contributed by atoms with van der Waals surface area (Å²) in [4.78, 5) is 0.